The molecule has 0 spiro atoms. The fraction of sp³-hybridized carbons (Fsp3) is 0.562. The molecule has 2 aromatic rings. The fourth-order valence-corrected chi connectivity index (χ4v) is 5.74. The maximum Gasteiger partial charge on any atom is 0.264 e. The van der Waals surface area contributed by atoms with E-state index in [0.29, 0.717) is 12.0 Å². The van der Waals surface area contributed by atoms with Crippen LogP contribution in [-0.2, 0) is 0 Å². The van der Waals surface area contributed by atoms with Crippen LogP contribution in [0.15, 0.2) is 17.5 Å². The highest BCUT2D eigenvalue weighted by Crippen LogP contribution is 2.32. The average molecular weight is 320 g/mol. The van der Waals surface area contributed by atoms with E-state index in [0.717, 1.165) is 30.9 Å². The van der Waals surface area contributed by atoms with Crippen molar-refractivity contribution in [2.75, 3.05) is 19.6 Å². The smallest absolute Gasteiger partial charge is 0.264 e. The van der Waals surface area contributed by atoms with Gasteiger partial charge in [-0.15, -0.1) is 22.7 Å². The number of hydrogen-bond acceptors (Lipinski definition) is 4. The van der Waals surface area contributed by atoms with Crippen LogP contribution in [0.5, 0.6) is 0 Å². The normalized spacial score (nSPS) is 26.6. The van der Waals surface area contributed by atoms with E-state index in [2.05, 4.69) is 27.7 Å². The molecule has 1 amide bonds. The summed E-state index contributed by atoms with van der Waals surface area (Å²) >= 11 is 3.37. The van der Waals surface area contributed by atoms with Gasteiger partial charge in [0.25, 0.3) is 5.91 Å². The second kappa shape index (κ2) is 5.71. The van der Waals surface area contributed by atoms with E-state index in [1.165, 1.54) is 28.7 Å². The van der Waals surface area contributed by atoms with Crippen LogP contribution < -0.4 is 5.32 Å². The first-order valence-electron chi connectivity index (χ1n) is 7.81. The first kappa shape index (κ1) is 13.7. The highest BCUT2D eigenvalue weighted by atomic mass is 32.1. The summed E-state index contributed by atoms with van der Waals surface area (Å²) in [6, 6.07) is 4.82. The molecule has 112 valence electrons. The SMILES string of the molecule is O=C(c1cc2sccc2s1)N1CCCC(C2CCCN2)C1. The third-order valence-electron chi connectivity index (χ3n) is 4.76. The molecule has 2 saturated heterocycles. The van der Waals surface area contributed by atoms with Gasteiger partial charge in [0, 0.05) is 28.5 Å². The van der Waals surface area contributed by atoms with Crippen LogP contribution in [0.4, 0.5) is 0 Å². The van der Waals surface area contributed by atoms with Crippen molar-refractivity contribution in [2.45, 2.75) is 31.7 Å². The van der Waals surface area contributed by atoms with Crippen molar-refractivity contribution < 1.29 is 4.79 Å². The number of carbonyl (C=O) groups is 1. The molecule has 0 aromatic carbocycles. The number of nitrogens with zero attached hydrogens (tertiary/aromatic N) is 1. The Kier molecular flexibility index (Phi) is 3.73. The molecule has 2 fully saturated rings. The van der Waals surface area contributed by atoms with Gasteiger partial charge in [-0.05, 0) is 55.7 Å². The van der Waals surface area contributed by atoms with Gasteiger partial charge in [0.05, 0.1) is 4.88 Å². The van der Waals surface area contributed by atoms with Crippen LogP contribution in [0, 0.1) is 5.92 Å². The zero-order valence-corrected chi connectivity index (χ0v) is 13.6. The minimum atomic E-state index is 0.242. The first-order valence-corrected chi connectivity index (χ1v) is 9.50. The summed E-state index contributed by atoms with van der Waals surface area (Å²) in [4.78, 5) is 15.7. The Morgan fingerprint density at radius 1 is 1.29 bits per heavy atom. The molecule has 2 unspecified atom stereocenters. The molecule has 4 rings (SSSR count). The van der Waals surface area contributed by atoms with Gasteiger partial charge < -0.3 is 10.2 Å². The van der Waals surface area contributed by atoms with Crippen LogP contribution in [0.25, 0.3) is 9.40 Å². The Morgan fingerprint density at radius 2 is 2.24 bits per heavy atom. The lowest BCUT2D eigenvalue weighted by molar-refractivity contribution is 0.0656. The van der Waals surface area contributed by atoms with Crippen molar-refractivity contribution >= 4 is 38.0 Å². The number of thiophene rings is 2. The van der Waals surface area contributed by atoms with Gasteiger partial charge in [-0.2, -0.15) is 0 Å². The largest absolute Gasteiger partial charge is 0.338 e. The molecule has 2 atom stereocenters. The number of piperidine rings is 1. The monoisotopic (exact) mass is 320 g/mol. The second-order valence-electron chi connectivity index (χ2n) is 6.12. The number of nitrogens with one attached hydrogen (secondary N) is 1. The van der Waals surface area contributed by atoms with Crippen LogP contribution in [0.1, 0.15) is 35.4 Å². The molecule has 0 radical (unpaired) electrons. The number of amides is 1. The third kappa shape index (κ3) is 2.62. The highest BCUT2D eigenvalue weighted by molar-refractivity contribution is 7.27. The van der Waals surface area contributed by atoms with Crippen LogP contribution in [0.3, 0.4) is 0 Å². The van der Waals surface area contributed by atoms with E-state index in [9.17, 15) is 4.79 Å². The molecule has 1 N–H and O–H groups in total. The maximum atomic E-state index is 12.7. The topological polar surface area (TPSA) is 32.3 Å². The zero-order valence-electron chi connectivity index (χ0n) is 12.0. The molecule has 4 heterocycles. The number of fused-ring (bicyclic) bond motifs is 1. The number of likely N-dealkylation sites (tertiary alicyclic amines) is 1. The van der Waals surface area contributed by atoms with Crippen LogP contribution >= 0.6 is 22.7 Å². The van der Waals surface area contributed by atoms with Crippen molar-refractivity contribution in [2.24, 2.45) is 5.92 Å². The second-order valence-corrected chi connectivity index (χ2v) is 8.15. The van der Waals surface area contributed by atoms with Crippen LogP contribution in [-0.4, -0.2) is 36.5 Å². The molecular weight excluding hydrogens is 300 g/mol. The van der Waals surface area contributed by atoms with Crippen molar-refractivity contribution in [3.63, 3.8) is 0 Å². The molecule has 3 nitrogen and oxygen atoms in total. The van der Waals surface area contributed by atoms with E-state index in [-0.39, 0.29) is 5.91 Å². The summed E-state index contributed by atoms with van der Waals surface area (Å²) in [6.07, 6.45) is 4.98. The van der Waals surface area contributed by atoms with Crippen LogP contribution in [0.2, 0.25) is 0 Å². The predicted molar refractivity (Wildman–Crippen MR) is 89.4 cm³/mol. The predicted octanol–water partition coefficient (Wildman–Crippen LogP) is 3.57. The van der Waals surface area contributed by atoms with Crippen molar-refractivity contribution in [1.29, 1.82) is 0 Å². The van der Waals surface area contributed by atoms with Gasteiger partial charge in [0.1, 0.15) is 0 Å². The summed E-state index contributed by atoms with van der Waals surface area (Å²) in [5.41, 5.74) is 0. The quantitative estimate of drug-likeness (QED) is 0.917. The molecule has 0 saturated carbocycles. The third-order valence-corrected chi connectivity index (χ3v) is 6.84. The first-order chi connectivity index (χ1) is 10.3. The summed E-state index contributed by atoms with van der Waals surface area (Å²) < 4.78 is 2.49. The fourth-order valence-electron chi connectivity index (χ4n) is 3.66. The molecule has 21 heavy (non-hydrogen) atoms. The Labute approximate surface area is 133 Å². The van der Waals surface area contributed by atoms with Gasteiger partial charge in [0.15, 0.2) is 0 Å². The minimum Gasteiger partial charge on any atom is -0.338 e. The summed E-state index contributed by atoms with van der Waals surface area (Å²) in [6.45, 7) is 3.01. The Balaban J connectivity index is 1.49. The Hall–Kier alpha value is -0.910. The van der Waals surface area contributed by atoms with Crippen molar-refractivity contribution in [3.8, 4) is 0 Å². The van der Waals surface area contributed by atoms with E-state index in [4.69, 9.17) is 0 Å². The van der Waals surface area contributed by atoms with Gasteiger partial charge in [-0.1, -0.05) is 0 Å². The Bertz CT molecular complexity index is 613. The zero-order chi connectivity index (χ0) is 14.2. The number of hydrogen-bond donors (Lipinski definition) is 1. The van der Waals surface area contributed by atoms with Gasteiger partial charge in [-0.3, -0.25) is 4.79 Å². The molecular formula is C16H20N2OS2. The van der Waals surface area contributed by atoms with E-state index in [1.54, 1.807) is 22.7 Å². The van der Waals surface area contributed by atoms with Gasteiger partial charge in [-0.25, -0.2) is 0 Å². The Morgan fingerprint density at radius 3 is 3.05 bits per heavy atom. The van der Waals surface area contributed by atoms with Crippen molar-refractivity contribution in [1.82, 2.24) is 10.2 Å². The highest BCUT2D eigenvalue weighted by Gasteiger charge is 2.31. The molecule has 0 aliphatic carbocycles. The number of carbonyl (C=O) groups excluding carboxylic acids is 1. The number of rotatable bonds is 2. The van der Waals surface area contributed by atoms with Gasteiger partial charge >= 0.3 is 0 Å². The summed E-state index contributed by atoms with van der Waals surface area (Å²) in [5, 5.41) is 5.70. The maximum absolute atomic E-state index is 12.7. The molecule has 2 aromatic heterocycles. The summed E-state index contributed by atoms with van der Waals surface area (Å²) in [7, 11) is 0. The minimum absolute atomic E-state index is 0.242. The lowest BCUT2D eigenvalue weighted by Gasteiger charge is -2.35. The van der Waals surface area contributed by atoms with E-state index in [1.807, 2.05) is 0 Å². The molecule has 0 bridgehead atoms. The van der Waals surface area contributed by atoms with E-state index >= 15 is 0 Å². The molecule has 5 heteroatoms. The van der Waals surface area contributed by atoms with Gasteiger partial charge in [0.2, 0.25) is 0 Å². The summed E-state index contributed by atoms with van der Waals surface area (Å²) in [5.74, 6) is 0.886. The molecule has 2 aliphatic rings. The average Bonchev–Trinajstić information content (AvgIpc) is 3.22. The van der Waals surface area contributed by atoms with Crippen molar-refractivity contribution in [3.05, 3.63) is 22.4 Å². The standard InChI is InChI=1S/C16H20N2OS2/c19-16(15-9-14-13(21-15)5-8-20-14)18-7-2-3-11(10-18)12-4-1-6-17-12/h5,8-9,11-12,17H,1-4,6-7,10H2. The molecule has 2 aliphatic heterocycles. The lowest BCUT2D eigenvalue weighted by Crippen LogP contribution is -2.45. The van der Waals surface area contributed by atoms with E-state index < -0.39 is 0 Å². The lowest BCUT2D eigenvalue weighted by atomic mass is 9.89.